The highest BCUT2D eigenvalue weighted by Crippen LogP contribution is 2.15. The van der Waals surface area contributed by atoms with Crippen LogP contribution in [0.1, 0.15) is 12.8 Å². The molecule has 0 aromatic rings. The van der Waals surface area contributed by atoms with E-state index in [1.807, 2.05) is 9.80 Å². The molecular weight excluding hydrogens is 230 g/mol. The number of piperazine rings is 1. The van der Waals surface area contributed by atoms with E-state index in [1.165, 1.54) is 0 Å². The Kier molecular flexibility index (Phi) is 3.53. The van der Waals surface area contributed by atoms with E-state index < -0.39 is 0 Å². The standard InChI is InChI=1S/C10H16ClN3O2/c11-3-1-2-9(15)13-4-5-14-8(7-13)6-12-10(14)16/h8H,1-7H2,(H,12,16). The minimum Gasteiger partial charge on any atom is -0.339 e. The van der Waals surface area contributed by atoms with Crippen molar-refractivity contribution in [3.05, 3.63) is 0 Å². The van der Waals surface area contributed by atoms with E-state index in [0.717, 1.165) is 6.42 Å². The third-order valence-corrected chi connectivity index (χ3v) is 3.38. The van der Waals surface area contributed by atoms with Crippen molar-refractivity contribution in [3.8, 4) is 0 Å². The van der Waals surface area contributed by atoms with Crippen molar-refractivity contribution in [2.24, 2.45) is 0 Å². The van der Waals surface area contributed by atoms with Gasteiger partial charge in [0.1, 0.15) is 0 Å². The lowest BCUT2D eigenvalue weighted by Crippen LogP contribution is -2.53. The van der Waals surface area contributed by atoms with E-state index in [1.54, 1.807) is 0 Å². The summed E-state index contributed by atoms with van der Waals surface area (Å²) in [5.41, 5.74) is 0. The summed E-state index contributed by atoms with van der Waals surface area (Å²) in [6, 6.07) is 0.152. The molecule has 3 amide bonds. The summed E-state index contributed by atoms with van der Waals surface area (Å²) < 4.78 is 0. The number of fused-ring (bicyclic) bond motifs is 1. The molecule has 2 saturated heterocycles. The van der Waals surface area contributed by atoms with Gasteiger partial charge in [-0.2, -0.15) is 0 Å². The van der Waals surface area contributed by atoms with Crippen LogP contribution in [-0.2, 0) is 4.79 Å². The van der Waals surface area contributed by atoms with Crippen LogP contribution >= 0.6 is 11.6 Å². The molecule has 2 aliphatic rings. The number of amides is 3. The van der Waals surface area contributed by atoms with Gasteiger partial charge in [-0.15, -0.1) is 11.6 Å². The molecule has 2 rings (SSSR count). The zero-order valence-electron chi connectivity index (χ0n) is 9.12. The quantitative estimate of drug-likeness (QED) is 0.725. The molecule has 0 saturated carbocycles. The average molecular weight is 246 g/mol. The maximum absolute atomic E-state index is 11.8. The highest BCUT2D eigenvalue weighted by Gasteiger charge is 2.36. The third-order valence-electron chi connectivity index (χ3n) is 3.11. The molecule has 1 atom stereocenters. The van der Waals surface area contributed by atoms with Gasteiger partial charge in [-0.05, 0) is 6.42 Å². The van der Waals surface area contributed by atoms with Crippen LogP contribution in [0.3, 0.4) is 0 Å². The molecule has 0 spiro atoms. The first-order valence-corrected chi connectivity index (χ1v) is 6.14. The maximum atomic E-state index is 11.8. The molecule has 0 aliphatic carbocycles. The van der Waals surface area contributed by atoms with Crippen LogP contribution in [0.25, 0.3) is 0 Å². The van der Waals surface area contributed by atoms with Crippen LogP contribution in [0, 0.1) is 0 Å². The van der Waals surface area contributed by atoms with Crippen molar-refractivity contribution in [1.82, 2.24) is 15.1 Å². The summed E-state index contributed by atoms with van der Waals surface area (Å²) >= 11 is 5.56. The Morgan fingerprint density at radius 3 is 3.06 bits per heavy atom. The number of hydrogen-bond acceptors (Lipinski definition) is 2. The van der Waals surface area contributed by atoms with Crippen LogP contribution in [0.5, 0.6) is 0 Å². The van der Waals surface area contributed by atoms with Crippen molar-refractivity contribution in [2.45, 2.75) is 18.9 Å². The highest BCUT2D eigenvalue weighted by molar-refractivity contribution is 6.17. The normalized spacial score (nSPS) is 24.3. The summed E-state index contributed by atoms with van der Waals surface area (Å²) in [4.78, 5) is 26.8. The first kappa shape index (κ1) is 11.5. The SMILES string of the molecule is O=C(CCCCl)N1CCN2C(=O)NCC2C1. The van der Waals surface area contributed by atoms with E-state index in [9.17, 15) is 9.59 Å². The maximum Gasteiger partial charge on any atom is 0.317 e. The van der Waals surface area contributed by atoms with Gasteiger partial charge >= 0.3 is 6.03 Å². The third kappa shape index (κ3) is 2.24. The molecule has 5 nitrogen and oxygen atoms in total. The second-order valence-corrected chi connectivity index (χ2v) is 4.54. The summed E-state index contributed by atoms with van der Waals surface area (Å²) in [6.45, 7) is 2.59. The Hall–Kier alpha value is -0.970. The largest absolute Gasteiger partial charge is 0.339 e. The van der Waals surface area contributed by atoms with E-state index in [4.69, 9.17) is 11.6 Å². The predicted molar refractivity (Wildman–Crippen MR) is 60.4 cm³/mol. The van der Waals surface area contributed by atoms with Gasteiger partial charge < -0.3 is 15.1 Å². The molecule has 0 aromatic heterocycles. The van der Waals surface area contributed by atoms with Crippen LogP contribution in [0.4, 0.5) is 4.79 Å². The second kappa shape index (κ2) is 4.91. The first-order valence-electron chi connectivity index (χ1n) is 5.60. The number of alkyl halides is 1. The van der Waals surface area contributed by atoms with Gasteiger partial charge in [-0.3, -0.25) is 4.79 Å². The van der Waals surface area contributed by atoms with Crippen LogP contribution in [0.2, 0.25) is 0 Å². The van der Waals surface area contributed by atoms with Gasteiger partial charge in [0.2, 0.25) is 5.91 Å². The zero-order valence-corrected chi connectivity index (χ0v) is 9.87. The fraction of sp³-hybridized carbons (Fsp3) is 0.800. The topological polar surface area (TPSA) is 52.7 Å². The number of halogens is 1. The molecule has 1 N–H and O–H groups in total. The molecular formula is C10H16ClN3O2. The van der Waals surface area contributed by atoms with Crippen LogP contribution in [-0.4, -0.2) is 59.8 Å². The summed E-state index contributed by atoms with van der Waals surface area (Å²) in [7, 11) is 0. The number of nitrogens with one attached hydrogen (secondary N) is 1. The summed E-state index contributed by atoms with van der Waals surface area (Å²) in [5, 5.41) is 2.79. The van der Waals surface area contributed by atoms with Crippen LogP contribution in [0.15, 0.2) is 0 Å². The minimum absolute atomic E-state index is 0.00198. The molecule has 16 heavy (non-hydrogen) atoms. The molecule has 2 fully saturated rings. The van der Waals surface area contributed by atoms with Gasteiger partial charge in [0.15, 0.2) is 0 Å². The van der Waals surface area contributed by atoms with Crippen LogP contribution < -0.4 is 5.32 Å². The zero-order chi connectivity index (χ0) is 11.5. The first-order chi connectivity index (χ1) is 7.72. The van der Waals surface area contributed by atoms with Gasteiger partial charge in [-0.25, -0.2) is 4.79 Å². The number of hydrogen-bond donors (Lipinski definition) is 1. The summed E-state index contributed by atoms with van der Waals surface area (Å²) in [6.07, 6.45) is 1.24. The van der Waals surface area contributed by atoms with Crippen molar-refractivity contribution < 1.29 is 9.59 Å². The number of carbonyl (C=O) groups excluding carboxylic acids is 2. The minimum atomic E-state index is -0.00198. The Morgan fingerprint density at radius 1 is 1.50 bits per heavy atom. The number of rotatable bonds is 3. The fourth-order valence-corrected chi connectivity index (χ4v) is 2.34. The Morgan fingerprint density at radius 2 is 2.31 bits per heavy atom. The molecule has 2 aliphatic heterocycles. The van der Waals surface area contributed by atoms with Gasteiger partial charge in [0, 0.05) is 38.5 Å². The molecule has 6 heteroatoms. The van der Waals surface area contributed by atoms with E-state index >= 15 is 0 Å². The van der Waals surface area contributed by atoms with Crippen molar-refractivity contribution in [1.29, 1.82) is 0 Å². The molecule has 0 aromatic carbocycles. The average Bonchev–Trinajstić information content (AvgIpc) is 2.67. The number of urea groups is 1. The van der Waals surface area contributed by atoms with Gasteiger partial charge in [0.25, 0.3) is 0 Å². The molecule has 90 valence electrons. The molecule has 1 unspecified atom stereocenters. The summed E-state index contributed by atoms with van der Waals surface area (Å²) in [5.74, 6) is 0.675. The Labute approximate surface area is 99.7 Å². The fourth-order valence-electron chi connectivity index (χ4n) is 2.21. The molecule has 0 bridgehead atoms. The van der Waals surface area contributed by atoms with Gasteiger partial charge in [0.05, 0.1) is 6.04 Å². The second-order valence-electron chi connectivity index (χ2n) is 4.17. The monoisotopic (exact) mass is 245 g/mol. The predicted octanol–water partition coefficient (Wildman–Crippen LogP) is 0.241. The van der Waals surface area contributed by atoms with Gasteiger partial charge in [-0.1, -0.05) is 0 Å². The van der Waals surface area contributed by atoms with E-state index in [0.29, 0.717) is 38.5 Å². The van der Waals surface area contributed by atoms with E-state index in [2.05, 4.69) is 5.32 Å². The smallest absolute Gasteiger partial charge is 0.317 e. The van der Waals surface area contributed by atoms with E-state index in [-0.39, 0.29) is 18.0 Å². The van der Waals surface area contributed by atoms with Crippen molar-refractivity contribution in [3.63, 3.8) is 0 Å². The number of nitrogens with zero attached hydrogens (tertiary/aromatic N) is 2. The lowest BCUT2D eigenvalue weighted by molar-refractivity contribution is -0.133. The molecule has 0 radical (unpaired) electrons. The Balaban J connectivity index is 1.86. The Bertz CT molecular complexity index is 298. The van der Waals surface area contributed by atoms with Crippen molar-refractivity contribution >= 4 is 23.5 Å². The highest BCUT2D eigenvalue weighted by atomic mass is 35.5. The van der Waals surface area contributed by atoms with Crippen molar-refractivity contribution in [2.75, 3.05) is 32.1 Å². The number of carbonyl (C=O) groups is 2. The molecule has 2 heterocycles. The lowest BCUT2D eigenvalue weighted by Gasteiger charge is -2.36. The lowest BCUT2D eigenvalue weighted by atomic mass is 10.2.